The maximum absolute atomic E-state index is 11.2. The van der Waals surface area contributed by atoms with Gasteiger partial charge in [-0.2, -0.15) is 0 Å². The van der Waals surface area contributed by atoms with Gasteiger partial charge >= 0.3 is 14.5 Å². The zero-order chi connectivity index (χ0) is 12.6. The van der Waals surface area contributed by atoms with E-state index in [1.165, 1.54) is 0 Å². The van der Waals surface area contributed by atoms with Crippen molar-refractivity contribution in [3.8, 4) is 0 Å². The Kier molecular flexibility index (Phi) is 7.28. The Morgan fingerprint density at radius 2 is 1.81 bits per heavy atom. The van der Waals surface area contributed by atoms with Crippen molar-refractivity contribution in [3.63, 3.8) is 0 Å². The maximum Gasteiger partial charge on any atom is 0.377 e. The monoisotopic (exact) mass is 246 g/mol. The number of hydrogen-bond donors (Lipinski definition) is 0. The second kappa shape index (κ2) is 7.59. The molecule has 0 aromatic rings. The van der Waals surface area contributed by atoms with Crippen molar-refractivity contribution in [2.75, 3.05) is 13.2 Å². The van der Waals surface area contributed by atoms with Crippen LogP contribution in [0.3, 0.4) is 0 Å². The zero-order valence-corrected chi connectivity index (χ0v) is 11.6. The summed E-state index contributed by atoms with van der Waals surface area (Å²) in [4.78, 5) is 11.2. The molecule has 0 amide bonds. The van der Waals surface area contributed by atoms with Crippen LogP contribution in [0.4, 0.5) is 0 Å². The largest absolute Gasteiger partial charge is 0.457 e. The minimum absolute atomic E-state index is 0.294. The van der Waals surface area contributed by atoms with Gasteiger partial charge in [-0.1, -0.05) is 13.5 Å². The lowest BCUT2D eigenvalue weighted by molar-refractivity contribution is -0.141. The molecule has 0 fully saturated rings. The van der Waals surface area contributed by atoms with Crippen LogP contribution >= 0.6 is 0 Å². The fraction of sp³-hybridized carbons (Fsp3) is 0.727. The van der Waals surface area contributed by atoms with Crippen molar-refractivity contribution in [1.82, 2.24) is 0 Å². The van der Waals surface area contributed by atoms with E-state index in [1.54, 1.807) is 0 Å². The molecule has 0 aromatic heterocycles. The van der Waals surface area contributed by atoms with E-state index in [4.69, 9.17) is 13.6 Å². The van der Waals surface area contributed by atoms with Gasteiger partial charge < -0.3 is 13.6 Å². The van der Waals surface area contributed by atoms with Crippen molar-refractivity contribution in [1.29, 1.82) is 0 Å². The number of carbonyl (C=O) groups excluding carboxylic acids is 1. The number of rotatable bonds is 8. The van der Waals surface area contributed by atoms with Crippen LogP contribution in [0.15, 0.2) is 12.7 Å². The van der Waals surface area contributed by atoms with Crippen LogP contribution in [0.1, 0.15) is 27.2 Å². The molecule has 0 aliphatic rings. The van der Waals surface area contributed by atoms with Crippen LogP contribution in [0.5, 0.6) is 0 Å². The predicted molar refractivity (Wildman–Crippen MR) is 65.2 cm³/mol. The van der Waals surface area contributed by atoms with Gasteiger partial charge in [0.15, 0.2) is 0 Å². The van der Waals surface area contributed by atoms with Crippen LogP contribution in [0.2, 0.25) is 6.55 Å². The lowest BCUT2D eigenvalue weighted by Gasteiger charge is -2.32. The molecule has 94 valence electrons. The molecule has 16 heavy (non-hydrogen) atoms. The van der Waals surface area contributed by atoms with E-state index in [9.17, 15) is 4.79 Å². The van der Waals surface area contributed by atoms with Gasteiger partial charge in [0, 0.05) is 19.3 Å². The third kappa shape index (κ3) is 4.47. The highest BCUT2D eigenvalue weighted by Gasteiger charge is 2.42. The summed E-state index contributed by atoms with van der Waals surface area (Å²) < 4.78 is 16.6. The molecule has 0 aliphatic heterocycles. The Morgan fingerprint density at radius 1 is 1.31 bits per heavy atom. The quantitative estimate of drug-likeness (QED) is 0.374. The molecule has 0 bridgehead atoms. The molecule has 1 unspecified atom stereocenters. The first-order valence-corrected chi connectivity index (χ1v) is 8.04. The fourth-order valence-corrected chi connectivity index (χ4v) is 4.22. The Bertz CT molecular complexity index is 224. The van der Waals surface area contributed by atoms with Gasteiger partial charge in [-0.05, 0) is 26.8 Å². The first kappa shape index (κ1) is 15.3. The van der Waals surface area contributed by atoms with Gasteiger partial charge in [-0.25, -0.2) is 4.79 Å². The van der Waals surface area contributed by atoms with Gasteiger partial charge in [-0.3, -0.25) is 0 Å². The molecule has 0 aromatic carbocycles. The first-order chi connectivity index (χ1) is 7.53. The summed E-state index contributed by atoms with van der Waals surface area (Å²) in [5, 5.41) is 0. The molecule has 5 heteroatoms. The van der Waals surface area contributed by atoms with Gasteiger partial charge in [0.05, 0.1) is 0 Å². The van der Waals surface area contributed by atoms with Crippen molar-refractivity contribution in [2.45, 2.75) is 39.5 Å². The van der Waals surface area contributed by atoms with E-state index in [0.717, 1.165) is 6.08 Å². The highest BCUT2D eigenvalue weighted by molar-refractivity contribution is 6.67. The van der Waals surface area contributed by atoms with Crippen LogP contribution in [0.25, 0.3) is 0 Å². The predicted octanol–water partition coefficient (Wildman–Crippen LogP) is 2.18. The molecule has 1 atom stereocenters. The molecule has 0 rings (SSSR count). The van der Waals surface area contributed by atoms with E-state index in [1.807, 2.05) is 27.3 Å². The second-order valence-electron chi connectivity index (χ2n) is 3.42. The Labute approximate surface area is 98.8 Å². The fourth-order valence-electron chi connectivity index (χ4n) is 1.55. The average Bonchev–Trinajstić information content (AvgIpc) is 2.25. The average molecular weight is 246 g/mol. The van der Waals surface area contributed by atoms with Crippen molar-refractivity contribution in [2.24, 2.45) is 0 Å². The standard InChI is InChI=1S/C11H22O4Si/c1-6-10(12)15-11(7-2)16(5,13-8-3)14-9-4/h6,11H,1,7-9H2,2-5H3. The summed E-state index contributed by atoms with van der Waals surface area (Å²) in [5.41, 5.74) is -0.294. The summed E-state index contributed by atoms with van der Waals surface area (Å²) in [6, 6.07) is 0. The minimum atomic E-state index is -2.45. The molecule has 0 saturated heterocycles. The van der Waals surface area contributed by atoms with E-state index in [-0.39, 0.29) is 5.73 Å². The third-order valence-electron chi connectivity index (χ3n) is 2.24. The van der Waals surface area contributed by atoms with Crippen molar-refractivity contribution < 1.29 is 18.4 Å². The number of esters is 1. The molecule has 0 N–H and O–H groups in total. The minimum Gasteiger partial charge on any atom is -0.457 e. The lowest BCUT2D eigenvalue weighted by atomic mass is 10.5. The number of hydrogen-bond acceptors (Lipinski definition) is 4. The smallest absolute Gasteiger partial charge is 0.377 e. The highest BCUT2D eigenvalue weighted by atomic mass is 28.4. The Balaban J connectivity index is 4.68. The van der Waals surface area contributed by atoms with Gasteiger partial charge in [0.1, 0.15) is 5.73 Å². The van der Waals surface area contributed by atoms with E-state index in [0.29, 0.717) is 19.6 Å². The third-order valence-corrected chi connectivity index (χ3v) is 5.66. The highest BCUT2D eigenvalue weighted by Crippen LogP contribution is 2.19. The molecule has 0 radical (unpaired) electrons. The second-order valence-corrected chi connectivity index (χ2v) is 6.67. The summed E-state index contributed by atoms with van der Waals surface area (Å²) >= 11 is 0. The normalized spacial score (nSPS) is 13.2. The maximum atomic E-state index is 11.2. The summed E-state index contributed by atoms with van der Waals surface area (Å²) in [6.45, 7) is 12.2. The molecule has 0 heterocycles. The summed E-state index contributed by atoms with van der Waals surface area (Å²) in [7, 11) is -2.45. The molecular weight excluding hydrogens is 224 g/mol. The topological polar surface area (TPSA) is 44.8 Å². The summed E-state index contributed by atoms with van der Waals surface area (Å²) in [5.74, 6) is -0.426. The van der Waals surface area contributed by atoms with Crippen molar-refractivity contribution in [3.05, 3.63) is 12.7 Å². The van der Waals surface area contributed by atoms with E-state index < -0.39 is 14.5 Å². The van der Waals surface area contributed by atoms with Crippen LogP contribution < -0.4 is 0 Å². The summed E-state index contributed by atoms with van der Waals surface area (Å²) in [6.07, 6.45) is 1.84. The number of carbonyl (C=O) groups is 1. The zero-order valence-electron chi connectivity index (χ0n) is 10.6. The van der Waals surface area contributed by atoms with Crippen LogP contribution in [0, 0.1) is 0 Å². The van der Waals surface area contributed by atoms with Gasteiger partial charge in [-0.15, -0.1) is 0 Å². The molecular formula is C11H22O4Si. The Hall–Kier alpha value is -0.653. The van der Waals surface area contributed by atoms with E-state index in [2.05, 4.69) is 6.58 Å². The lowest BCUT2D eigenvalue weighted by Crippen LogP contribution is -2.52. The van der Waals surface area contributed by atoms with Gasteiger partial charge in [0.25, 0.3) is 0 Å². The van der Waals surface area contributed by atoms with Crippen molar-refractivity contribution >= 4 is 14.5 Å². The van der Waals surface area contributed by atoms with Gasteiger partial charge in [0.2, 0.25) is 0 Å². The van der Waals surface area contributed by atoms with Crippen LogP contribution in [-0.4, -0.2) is 33.5 Å². The van der Waals surface area contributed by atoms with Crippen LogP contribution in [-0.2, 0) is 18.4 Å². The van der Waals surface area contributed by atoms with E-state index >= 15 is 0 Å². The molecule has 0 spiro atoms. The molecule has 0 saturated carbocycles. The SMILES string of the molecule is C=CC(=O)OC(CC)[Si](C)(OCC)OCC. The first-order valence-electron chi connectivity index (χ1n) is 5.64. The molecule has 0 aliphatic carbocycles. The number of ether oxygens (including phenoxy) is 1. The molecule has 4 nitrogen and oxygen atoms in total. The Morgan fingerprint density at radius 3 is 2.12 bits per heavy atom.